The molecule has 33 heavy (non-hydrogen) atoms. The second kappa shape index (κ2) is 10.5. The summed E-state index contributed by atoms with van der Waals surface area (Å²) in [4.78, 5) is 18.5. The molecule has 0 aliphatic carbocycles. The summed E-state index contributed by atoms with van der Waals surface area (Å²) in [7, 11) is -1.82. The van der Waals surface area contributed by atoms with Crippen molar-refractivity contribution < 1.29 is 17.7 Å². The Balaban J connectivity index is 1.59. The fourth-order valence-electron chi connectivity index (χ4n) is 3.39. The number of aromatic nitrogens is 2. The summed E-state index contributed by atoms with van der Waals surface area (Å²) in [6.45, 7) is 4.23. The van der Waals surface area contributed by atoms with Gasteiger partial charge in [0.2, 0.25) is 27.6 Å². The van der Waals surface area contributed by atoms with Gasteiger partial charge in [-0.15, -0.1) is 0 Å². The van der Waals surface area contributed by atoms with Crippen molar-refractivity contribution in [3.8, 4) is 11.4 Å². The third-order valence-electron chi connectivity index (χ3n) is 5.35. The molecule has 0 atom stereocenters. The minimum Gasteiger partial charge on any atom is -0.337 e. The van der Waals surface area contributed by atoms with E-state index in [0.29, 0.717) is 23.8 Å². The molecule has 10 heteroatoms. The lowest BCUT2D eigenvalue weighted by atomic mass is 10.1. The normalized spacial score (nSPS) is 11.4. The topological polar surface area (TPSA) is 96.6 Å². The Morgan fingerprint density at radius 2 is 1.88 bits per heavy atom. The average Bonchev–Trinajstić information content (AvgIpc) is 3.21. The number of hydrogen-bond acceptors (Lipinski definition) is 6. The summed E-state index contributed by atoms with van der Waals surface area (Å²) in [6.07, 6.45) is 1.76. The molecule has 0 bridgehead atoms. The molecule has 0 fully saturated rings. The van der Waals surface area contributed by atoms with Gasteiger partial charge in [0.25, 0.3) is 0 Å². The largest absolute Gasteiger partial charge is 0.337 e. The molecule has 1 heterocycles. The average molecular weight is 535 g/mol. The quantitative estimate of drug-likeness (QED) is 0.405. The van der Waals surface area contributed by atoms with Gasteiger partial charge in [-0.3, -0.25) is 9.10 Å². The number of hydrogen-bond donors (Lipinski definition) is 0. The van der Waals surface area contributed by atoms with Crippen LogP contribution in [0.1, 0.15) is 29.9 Å². The number of sulfonamides is 1. The molecule has 3 aromatic rings. The standard InChI is InChI=1S/C23H27BrN4O4S/c1-16-8-5-11-20(17(16)2)28(33(4,30)31)13-7-12-22(29)27(3)15-21-25-23(26-32-21)18-9-6-10-19(24)14-18/h5-6,8-11,14H,7,12-13,15H2,1-4H3. The van der Waals surface area contributed by atoms with E-state index in [2.05, 4.69) is 26.1 Å². The van der Waals surface area contributed by atoms with Crippen molar-refractivity contribution in [1.82, 2.24) is 15.0 Å². The van der Waals surface area contributed by atoms with Gasteiger partial charge in [-0.05, 0) is 49.6 Å². The first-order valence-corrected chi connectivity index (χ1v) is 13.1. The van der Waals surface area contributed by atoms with Gasteiger partial charge in [-0.2, -0.15) is 4.98 Å². The second-order valence-electron chi connectivity index (χ2n) is 7.93. The zero-order valence-electron chi connectivity index (χ0n) is 19.1. The Labute approximate surface area is 202 Å². The maximum absolute atomic E-state index is 12.6. The molecule has 0 saturated carbocycles. The van der Waals surface area contributed by atoms with E-state index in [1.54, 1.807) is 13.1 Å². The van der Waals surface area contributed by atoms with Gasteiger partial charge in [-0.1, -0.05) is 45.4 Å². The van der Waals surface area contributed by atoms with E-state index in [9.17, 15) is 13.2 Å². The van der Waals surface area contributed by atoms with Crippen molar-refractivity contribution in [3.05, 3.63) is 64.0 Å². The molecule has 3 rings (SSSR count). The molecule has 0 aliphatic heterocycles. The predicted molar refractivity (Wildman–Crippen MR) is 131 cm³/mol. The first-order chi connectivity index (χ1) is 15.6. The van der Waals surface area contributed by atoms with E-state index in [4.69, 9.17) is 4.52 Å². The maximum atomic E-state index is 12.6. The Kier molecular flexibility index (Phi) is 7.91. The Morgan fingerprint density at radius 3 is 2.58 bits per heavy atom. The number of carbonyl (C=O) groups excluding carboxylic acids is 1. The van der Waals surface area contributed by atoms with Crippen LogP contribution < -0.4 is 4.31 Å². The highest BCUT2D eigenvalue weighted by Crippen LogP contribution is 2.25. The monoisotopic (exact) mass is 534 g/mol. The molecule has 1 amide bonds. The van der Waals surface area contributed by atoms with Crippen LogP contribution in [0.5, 0.6) is 0 Å². The zero-order valence-corrected chi connectivity index (χ0v) is 21.5. The van der Waals surface area contributed by atoms with Gasteiger partial charge in [-0.25, -0.2) is 8.42 Å². The highest BCUT2D eigenvalue weighted by atomic mass is 79.9. The van der Waals surface area contributed by atoms with Crippen LogP contribution >= 0.6 is 15.9 Å². The number of carbonyl (C=O) groups is 1. The van der Waals surface area contributed by atoms with E-state index < -0.39 is 10.0 Å². The van der Waals surface area contributed by atoms with Crippen LogP contribution in [0.4, 0.5) is 5.69 Å². The molecule has 0 radical (unpaired) electrons. The van der Waals surface area contributed by atoms with E-state index >= 15 is 0 Å². The predicted octanol–water partition coefficient (Wildman–Crippen LogP) is 4.32. The fraction of sp³-hybridized carbons (Fsp3) is 0.348. The molecule has 0 unspecified atom stereocenters. The number of halogens is 1. The van der Waals surface area contributed by atoms with Gasteiger partial charge in [0, 0.05) is 30.0 Å². The SMILES string of the molecule is Cc1cccc(N(CCCC(=O)N(C)Cc2nc(-c3cccc(Br)c3)no2)S(C)(=O)=O)c1C. The molecular weight excluding hydrogens is 508 g/mol. The molecule has 176 valence electrons. The van der Waals surface area contributed by atoms with Gasteiger partial charge in [0.15, 0.2) is 0 Å². The summed E-state index contributed by atoms with van der Waals surface area (Å²) in [5, 5.41) is 3.98. The van der Waals surface area contributed by atoms with Crippen LogP contribution in [-0.4, -0.2) is 49.2 Å². The smallest absolute Gasteiger partial charge is 0.246 e. The van der Waals surface area contributed by atoms with Gasteiger partial charge >= 0.3 is 0 Å². The molecule has 0 saturated heterocycles. The number of benzene rings is 2. The lowest BCUT2D eigenvalue weighted by Gasteiger charge is -2.25. The third-order valence-corrected chi connectivity index (χ3v) is 7.02. The molecule has 0 spiro atoms. The summed E-state index contributed by atoms with van der Waals surface area (Å²) in [5.41, 5.74) is 3.37. The van der Waals surface area contributed by atoms with Gasteiger partial charge in [0.1, 0.15) is 0 Å². The van der Waals surface area contributed by atoms with Crippen LogP contribution in [0, 0.1) is 13.8 Å². The van der Waals surface area contributed by atoms with Crippen LogP contribution in [0.25, 0.3) is 11.4 Å². The van der Waals surface area contributed by atoms with E-state index in [0.717, 1.165) is 21.2 Å². The lowest BCUT2D eigenvalue weighted by molar-refractivity contribution is -0.130. The Hall–Kier alpha value is -2.72. The van der Waals surface area contributed by atoms with Crippen LogP contribution in [0.2, 0.25) is 0 Å². The summed E-state index contributed by atoms with van der Waals surface area (Å²) in [6, 6.07) is 13.1. The maximum Gasteiger partial charge on any atom is 0.246 e. The zero-order chi connectivity index (χ0) is 24.2. The number of nitrogens with zero attached hydrogens (tertiary/aromatic N) is 4. The van der Waals surface area contributed by atoms with Crippen molar-refractivity contribution in [2.45, 2.75) is 33.2 Å². The van der Waals surface area contributed by atoms with E-state index in [-0.39, 0.29) is 25.4 Å². The number of aryl methyl sites for hydroxylation is 1. The fourth-order valence-corrected chi connectivity index (χ4v) is 4.81. The highest BCUT2D eigenvalue weighted by Gasteiger charge is 2.21. The van der Waals surface area contributed by atoms with E-state index in [1.807, 2.05) is 50.2 Å². The highest BCUT2D eigenvalue weighted by molar-refractivity contribution is 9.10. The molecule has 0 N–H and O–H groups in total. The molecule has 0 aliphatic rings. The summed E-state index contributed by atoms with van der Waals surface area (Å²) >= 11 is 3.41. The van der Waals surface area contributed by atoms with Crippen molar-refractivity contribution in [2.75, 3.05) is 24.2 Å². The Bertz CT molecular complexity index is 1240. The van der Waals surface area contributed by atoms with Crippen LogP contribution in [-0.2, 0) is 21.4 Å². The molecule has 1 aromatic heterocycles. The summed E-state index contributed by atoms with van der Waals surface area (Å²) in [5.74, 6) is 0.644. The minimum atomic E-state index is -3.48. The Morgan fingerprint density at radius 1 is 1.15 bits per heavy atom. The van der Waals surface area contributed by atoms with Crippen LogP contribution in [0.15, 0.2) is 51.5 Å². The van der Waals surface area contributed by atoms with Crippen molar-refractivity contribution >= 4 is 37.5 Å². The number of rotatable bonds is 9. The van der Waals surface area contributed by atoms with Gasteiger partial charge in [0.05, 0.1) is 18.5 Å². The van der Waals surface area contributed by atoms with Gasteiger partial charge < -0.3 is 9.42 Å². The minimum absolute atomic E-state index is 0.133. The van der Waals surface area contributed by atoms with Crippen molar-refractivity contribution in [2.24, 2.45) is 0 Å². The third kappa shape index (κ3) is 6.42. The first-order valence-electron chi connectivity index (χ1n) is 10.4. The van der Waals surface area contributed by atoms with Crippen molar-refractivity contribution in [3.63, 3.8) is 0 Å². The van der Waals surface area contributed by atoms with E-state index in [1.165, 1.54) is 15.5 Å². The molecular formula is C23H27BrN4O4S. The number of anilines is 1. The number of amides is 1. The van der Waals surface area contributed by atoms with Crippen molar-refractivity contribution in [1.29, 1.82) is 0 Å². The summed E-state index contributed by atoms with van der Waals surface area (Å²) < 4.78 is 32.3. The molecule has 2 aromatic carbocycles. The first kappa shape index (κ1) is 24.9. The molecule has 8 nitrogen and oxygen atoms in total. The lowest BCUT2D eigenvalue weighted by Crippen LogP contribution is -2.33. The van der Waals surface area contributed by atoms with Crippen LogP contribution in [0.3, 0.4) is 0 Å². The second-order valence-corrected chi connectivity index (χ2v) is 10.8.